The summed E-state index contributed by atoms with van der Waals surface area (Å²) < 4.78 is 0. The zero-order valence-corrected chi connectivity index (χ0v) is 15.5. The quantitative estimate of drug-likeness (QED) is 0.668. The van der Waals surface area contributed by atoms with E-state index in [4.69, 9.17) is 0 Å². The van der Waals surface area contributed by atoms with E-state index in [0.29, 0.717) is 5.69 Å². The number of imidazole rings is 1. The second-order valence-electron chi connectivity index (χ2n) is 7.34. The van der Waals surface area contributed by atoms with Gasteiger partial charge in [0.1, 0.15) is 6.04 Å². The fourth-order valence-corrected chi connectivity index (χ4v) is 3.97. The Morgan fingerprint density at radius 3 is 2.56 bits per heavy atom. The predicted molar refractivity (Wildman–Crippen MR) is 103 cm³/mol. The number of carbonyl (C=O) groups is 2. The molecule has 27 heavy (non-hydrogen) atoms. The summed E-state index contributed by atoms with van der Waals surface area (Å²) >= 11 is 0. The van der Waals surface area contributed by atoms with Gasteiger partial charge in [0.25, 0.3) is 0 Å². The average molecular weight is 367 g/mol. The van der Waals surface area contributed by atoms with Crippen LogP contribution in [0.5, 0.6) is 0 Å². The summed E-state index contributed by atoms with van der Waals surface area (Å²) in [6, 6.07) is 5.10. The van der Waals surface area contributed by atoms with E-state index in [9.17, 15) is 9.59 Å². The van der Waals surface area contributed by atoms with Crippen LogP contribution in [0.3, 0.4) is 0 Å². The first-order valence-corrected chi connectivity index (χ1v) is 9.60. The zero-order valence-electron chi connectivity index (χ0n) is 15.5. The second-order valence-corrected chi connectivity index (χ2v) is 7.34. The van der Waals surface area contributed by atoms with Gasteiger partial charge in [-0.2, -0.15) is 0 Å². The van der Waals surface area contributed by atoms with Crippen LogP contribution in [0.25, 0.3) is 0 Å². The normalized spacial score (nSPS) is 19.5. The number of hydrogen-bond acceptors (Lipinski definition) is 4. The van der Waals surface area contributed by atoms with Gasteiger partial charge in [-0.1, -0.05) is 18.9 Å². The lowest BCUT2D eigenvalue weighted by Gasteiger charge is -2.23. The van der Waals surface area contributed by atoms with Crippen LogP contribution in [-0.4, -0.2) is 28.3 Å². The second kappa shape index (κ2) is 7.52. The van der Waals surface area contributed by atoms with Gasteiger partial charge in [0.05, 0.1) is 12.0 Å². The van der Waals surface area contributed by atoms with Gasteiger partial charge >= 0.3 is 0 Å². The van der Waals surface area contributed by atoms with E-state index in [2.05, 4.69) is 25.9 Å². The number of H-pyrrole nitrogens is 1. The van der Waals surface area contributed by atoms with Crippen molar-refractivity contribution in [1.29, 1.82) is 0 Å². The topological polar surface area (TPSA) is 98.9 Å². The van der Waals surface area contributed by atoms with E-state index < -0.39 is 6.04 Å². The van der Waals surface area contributed by atoms with Crippen molar-refractivity contribution < 1.29 is 9.59 Å². The highest BCUT2D eigenvalue weighted by Crippen LogP contribution is 2.29. The molecule has 0 saturated heterocycles. The molecule has 1 aromatic heterocycles. The van der Waals surface area contributed by atoms with Crippen molar-refractivity contribution in [3.63, 3.8) is 0 Å². The van der Waals surface area contributed by atoms with Crippen LogP contribution in [0.2, 0.25) is 0 Å². The molecule has 7 nitrogen and oxygen atoms in total. The third-order valence-electron chi connectivity index (χ3n) is 5.59. The Hall–Kier alpha value is -2.67. The van der Waals surface area contributed by atoms with Crippen LogP contribution >= 0.6 is 0 Å². The Kier molecular flexibility index (Phi) is 4.94. The van der Waals surface area contributed by atoms with Crippen molar-refractivity contribution in [3.8, 4) is 0 Å². The van der Waals surface area contributed by atoms with E-state index in [1.807, 2.05) is 25.1 Å². The molecular weight excluding hydrogens is 342 g/mol. The molecule has 1 atom stereocenters. The number of rotatable bonds is 4. The van der Waals surface area contributed by atoms with Crippen LogP contribution in [0.15, 0.2) is 24.5 Å². The van der Waals surface area contributed by atoms with Crippen LogP contribution in [0.1, 0.15) is 48.7 Å². The van der Waals surface area contributed by atoms with Crippen molar-refractivity contribution >= 4 is 23.2 Å². The Morgan fingerprint density at radius 2 is 1.81 bits per heavy atom. The third kappa shape index (κ3) is 3.60. The number of carbonyl (C=O) groups excluding carboxylic acids is 2. The molecule has 1 aliphatic carbocycles. The number of nitrogens with one attached hydrogen (secondary N) is 4. The number of aromatic nitrogens is 2. The summed E-state index contributed by atoms with van der Waals surface area (Å²) in [5.74, 6) is 0.0341. The molecule has 2 aromatic rings. The summed E-state index contributed by atoms with van der Waals surface area (Å²) in [5, 5.41) is 9.24. The monoisotopic (exact) mass is 367 g/mol. The van der Waals surface area contributed by atoms with Gasteiger partial charge in [-0.25, -0.2) is 4.98 Å². The molecule has 0 bridgehead atoms. The van der Waals surface area contributed by atoms with Gasteiger partial charge < -0.3 is 20.9 Å². The van der Waals surface area contributed by atoms with Crippen molar-refractivity contribution in [2.75, 3.05) is 17.2 Å². The van der Waals surface area contributed by atoms with Crippen LogP contribution in [-0.2, 0) is 16.0 Å². The Labute approximate surface area is 158 Å². The molecule has 2 aliphatic rings. The molecule has 2 heterocycles. The summed E-state index contributed by atoms with van der Waals surface area (Å²) in [6.07, 6.45) is 6.62. The average Bonchev–Trinajstić information content (AvgIpc) is 3.36. The first-order valence-electron chi connectivity index (χ1n) is 9.60. The maximum atomic E-state index is 12.8. The summed E-state index contributed by atoms with van der Waals surface area (Å²) in [7, 11) is 0. The highest BCUT2D eigenvalue weighted by atomic mass is 16.2. The van der Waals surface area contributed by atoms with Gasteiger partial charge in [-0.3, -0.25) is 9.59 Å². The number of amides is 2. The number of nitrogens with zero attached hydrogens (tertiary/aromatic N) is 1. The van der Waals surface area contributed by atoms with Crippen LogP contribution in [0.4, 0.5) is 11.4 Å². The Balaban J connectivity index is 1.48. The zero-order chi connectivity index (χ0) is 18.8. The summed E-state index contributed by atoms with van der Waals surface area (Å²) in [6.45, 7) is 2.64. The van der Waals surface area contributed by atoms with E-state index in [1.54, 1.807) is 6.33 Å². The molecule has 0 radical (unpaired) electrons. The van der Waals surface area contributed by atoms with Gasteiger partial charge in [-0.05, 0) is 37.5 Å². The smallest absolute Gasteiger partial charge is 0.247 e. The maximum Gasteiger partial charge on any atom is 0.247 e. The minimum absolute atomic E-state index is 0.0780. The fourth-order valence-electron chi connectivity index (χ4n) is 3.97. The van der Waals surface area contributed by atoms with Crippen molar-refractivity contribution in [2.24, 2.45) is 5.92 Å². The minimum Gasteiger partial charge on any atom is -0.348 e. The SMILES string of the molecule is Cc1c(NC(=O)C2CCCC2)cccc1NC(=O)C1NCCc2[nH]cnc21. The van der Waals surface area contributed by atoms with Crippen LogP contribution in [0, 0.1) is 12.8 Å². The molecule has 7 heteroatoms. The molecule has 1 aromatic carbocycles. The van der Waals surface area contributed by atoms with E-state index in [1.165, 1.54) is 0 Å². The molecular formula is C20H25N5O2. The van der Waals surface area contributed by atoms with Gasteiger partial charge in [-0.15, -0.1) is 0 Å². The van der Waals surface area contributed by atoms with E-state index in [0.717, 1.165) is 61.3 Å². The number of anilines is 2. The van der Waals surface area contributed by atoms with Gasteiger partial charge in [0.2, 0.25) is 11.8 Å². The number of benzene rings is 1. The predicted octanol–water partition coefficient (Wildman–Crippen LogP) is 2.67. The first-order chi connectivity index (χ1) is 13.1. The molecule has 4 rings (SSSR count). The Morgan fingerprint density at radius 1 is 1.11 bits per heavy atom. The summed E-state index contributed by atoms with van der Waals surface area (Å²) in [5.41, 5.74) is 4.07. The number of fused-ring (bicyclic) bond motifs is 1. The van der Waals surface area contributed by atoms with Crippen molar-refractivity contribution in [1.82, 2.24) is 15.3 Å². The molecule has 0 spiro atoms. The van der Waals surface area contributed by atoms with Crippen molar-refractivity contribution in [3.05, 3.63) is 41.5 Å². The number of hydrogen-bond donors (Lipinski definition) is 4. The van der Waals surface area contributed by atoms with Crippen molar-refractivity contribution in [2.45, 2.75) is 45.1 Å². The first kappa shape index (κ1) is 17.7. The molecule has 1 fully saturated rings. The lowest BCUT2D eigenvalue weighted by molar-refractivity contribution is -0.120. The maximum absolute atomic E-state index is 12.8. The largest absolute Gasteiger partial charge is 0.348 e. The fraction of sp³-hybridized carbons (Fsp3) is 0.450. The molecule has 1 unspecified atom stereocenters. The van der Waals surface area contributed by atoms with E-state index >= 15 is 0 Å². The van der Waals surface area contributed by atoms with Gasteiger partial charge in [0, 0.05) is 36.0 Å². The van der Waals surface area contributed by atoms with E-state index in [-0.39, 0.29) is 17.7 Å². The lowest BCUT2D eigenvalue weighted by Crippen LogP contribution is -2.38. The van der Waals surface area contributed by atoms with Gasteiger partial charge in [0.15, 0.2) is 0 Å². The summed E-state index contributed by atoms with van der Waals surface area (Å²) in [4.78, 5) is 32.6. The number of aromatic amines is 1. The lowest BCUT2D eigenvalue weighted by atomic mass is 10.0. The minimum atomic E-state index is -0.476. The molecule has 1 saturated carbocycles. The van der Waals surface area contributed by atoms with Crippen LogP contribution < -0.4 is 16.0 Å². The highest BCUT2D eigenvalue weighted by molar-refractivity contribution is 5.98. The molecule has 142 valence electrons. The molecule has 2 amide bonds. The third-order valence-corrected chi connectivity index (χ3v) is 5.59. The molecule has 1 aliphatic heterocycles. The molecule has 4 N–H and O–H groups in total. The standard InChI is InChI=1S/C20H25N5O2/c1-12-14(24-19(26)13-5-2-3-6-13)7-4-8-15(12)25-20(27)18-17-16(9-10-21-18)22-11-23-17/h4,7-8,11,13,18,21H,2-3,5-6,9-10H2,1H3,(H,22,23)(H,24,26)(H,25,27). The highest BCUT2D eigenvalue weighted by Gasteiger charge is 2.29. The Bertz CT molecular complexity index is 854.